The van der Waals surface area contributed by atoms with Gasteiger partial charge in [-0.25, -0.2) is 9.59 Å². The van der Waals surface area contributed by atoms with E-state index in [4.69, 9.17) is 14.6 Å². The highest BCUT2D eigenvalue weighted by Crippen LogP contribution is 2.60. The van der Waals surface area contributed by atoms with E-state index in [2.05, 4.69) is 21.9 Å². The standard InChI is InChI=1S/C31H38N4O4/c1-18-24(16-33-35(18)17-31-13-19-10-20(14-31)12-21(11-19)15-31)22-6-7-23-25(34-29(37)39-30(2,3)4)8-9-32-27(23)26(22)28(36)38-5/h6-9,16,19-21H,10-15,17H2,1-5H3,(H,32,34,37). The maximum atomic E-state index is 13.2. The summed E-state index contributed by atoms with van der Waals surface area (Å²) in [6, 6.07) is 5.48. The molecule has 8 nitrogen and oxygen atoms in total. The molecule has 8 heteroatoms. The van der Waals surface area contributed by atoms with Crippen LogP contribution < -0.4 is 5.32 Å². The molecule has 0 radical (unpaired) electrons. The first kappa shape index (κ1) is 25.8. The van der Waals surface area contributed by atoms with Gasteiger partial charge in [0.1, 0.15) is 5.60 Å². The molecule has 0 atom stereocenters. The highest BCUT2D eigenvalue weighted by Gasteiger charge is 2.51. The fourth-order valence-electron chi connectivity index (χ4n) is 7.95. The summed E-state index contributed by atoms with van der Waals surface area (Å²) in [6.45, 7) is 8.45. The monoisotopic (exact) mass is 530 g/mol. The smallest absolute Gasteiger partial charge is 0.412 e. The van der Waals surface area contributed by atoms with Crippen LogP contribution in [0.25, 0.3) is 22.0 Å². The summed E-state index contributed by atoms with van der Waals surface area (Å²) in [7, 11) is 1.37. The Hall–Kier alpha value is -3.42. The van der Waals surface area contributed by atoms with Crippen molar-refractivity contribution in [2.24, 2.45) is 23.2 Å². The quantitative estimate of drug-likeness (QED) is 0.366. The Bertz CT molecular complexity index is 1420. The van der Waals surface area contributed by atoms with E-state index in [1.54, 1.807) is 12.3 Å². The third-order valence-electron chi connectivity index (χ3n) is 8.98. The second-order valence-corrected chi connectivity index (χ2v) is 13.1. The molecule has 1 amide bonds. The Balaban J connectivity index is 1.36. The molecule has 0 spiro atoms. The highest BCUT2D eigenvalue weighted by molar-refractivity contribution is 6.12. The number of ether oxygens (including phenoxy) is 2. The van der Waals surface area contributed by atoms with Gasteiger partial charge in [0.15, 0.2) is 0 Å². The Morgan fingerprint density at radius 3 is 2.33 bits per heavy atom. The fraction of sp³-hybridized carbons (Fsp3) is 0.548. The van der Waals surface area contributed by atoms with Crippen LogP contribution >= 0.6 is 0 Å². The van der Waals surface area contributed by atoms with Crippen molar-refractivity contribution in [1.29, 1.82) is 0 Å². The summed E-state index contributed by atoms with van der Waals surface area (Å²) < 4.78 is 12.8. The van der Waals surface area contributed by atoms with Crippen molar-refractivity contribution in [2.75, 3.05) is 12.4 Å². The summed E-state index contributed by atoms with van der Waals surface area (Å²) in [4.78, 5) is 30.2. The zero-order chi connectivity index (χ0) is 27.5. The maximum absolute atomic E-state index is 13.2. The van der Waals surface area contributed by atoms with E-state index in [1.807, 2.05) is 39.1 Å². The van der Waals surface area contributed by atoms with Gasteiger partial charge in [-0.15, -0.1) is 0 Å². The molecule has 4 bridgehead atoms. The number of nitrogens with one attached hydrogen (secondary N) is 1. The first-order chi connectivity index (χ1) is 18.5. The van der Waals surface area contributed by atoms with Crippen LogP contribution in [0.1, 0.15) is 75.3 Å². The number of hydrogen-bond donors (Lipinski definition) is 1. The minimum atomic E-state index is -0.634. The first-order valence-electron chi connectivity index (χ1n) is 14.1. The van der Waals surface area contributed by atoms with Crippen LogP contribution in [-0.2, 0) is 16.0 Å². The maximum Gasteiger partial charge on any atom is 0.412 e. The van der Waals surface area contributed by atoms with Gasteiger partial charge in [0.25, 0.3) is 0 Å². The Kier molecular flexibility index (Phi) is 6.19. The van der Waals surface area contributed by atoms with E-state index in [9.17, 15) is 9.59 Å². The molecular formula is C31H38N4O4. The SMILES string of the molecule is COC(=O)c1c(-c2cnn(CC34CC5CC(CC(C5)C3)C4)c2C)ccc2c(NC(=O)OC(C)(C)C)ccnc12. The minimum Gasteiger partial charge on any atom is -0.465 e. The molecule has 1 aromatic carbocycles. The van der Waals surface area contributed by atoms with Crippen LogP contribution in [-0.4, -0.2) is 39.5 Å². The lowest BCUT2D eigenvalue weighted by atomic mass is 9.49. The van der Waals surface area contributed by atoms with Crippen molar-refractivity contribution in [1.82, 2.24) is 14.8 Å². The zero-order valence-corrected chi connectivity index (χ0v) is 23.5. The fourth-order valence-corrected chi connectivity index (χ4v) is 7.95. The van der Waals surface area contributed by atoms with Gasteiger partial charge in [0.2, 0.25) is 0 Å². The van der Waals surface area contributed by atoms with Gasteiger partial charge in [-0.2, -0.15) is 5.10 Å². The van der Waals surface area contributed by atoms with E-state index in [0.29, 0.717) is 27.6 Å². The molecule has 1 N–H and O–H groups in total. The van der Waals surface area contributed by atoms with Crippen LogP contribution in [0.5, 0.6) is 0 Å². The van der Waals surface area contributed by atoms with Gasteiger partial charge >= 0.3 is 12.1 Å². The summed E-state index contributed by atoms with van der Waals surface area (Å²) in [5.74, 6) is 2.17. The first-order valence-corrected chi connectivity index (χ1v) is 14.1. The van der Waals surface area contributed by atoms with Crippen LogP contribution in [0.4, 0.5) is 10.5 Å². The molecule has 4 saturated carbocycles. The molecule has 0 unspecified atom stereocenters. The van der Waals surface area contributed by atoms with Crippen LogP contribution in [0, 0.1) is 30.1 Å². The number of hydrogen-bond acceptors (Lipinski definition) is 6. The summed E-state index contributed by atoms with van der Waals surface area (Å²) in [6.07, 6.45) is 11.1. The van der Waals surface area contributed by atoms with E-state index in [-0.39, 0.29) is 0 Å². The number of aromatic nitrogens is 3. The van der Waals surface area contributed by atoms with Gasteiger partial charge in [0.05, 0.1) is 30.1 Å². The van der Waals surface area contributed by atoms with E-state index >= 15 is 0 Å². The predicted molar refractivity (Wildman–Crippen MR) is 150 cm³/mol. The number of benzene rings is 1. The third-order valence-corrected chi connectivity index (χ3v) is 8.98. The van der Waals surface area contributed by atoms with Gasteiger partial charge in [0, 0.05) is 34.9 Å². The average molecular weight is 531 g/mol. The van der Waals surface area contributed by atoms with Gasteiger partial charge in [-0.3, -0.25) is 15.0 Å². The third kappa shape index (κ3) is 4.79. The number of carbonyl (C=O) groups is 2. The molecule has 0 saturated heterocycles. The van der Waals surface area contributed by atoms with E-state index in [1.165, 1.54) is 45.6 Å². The molecule has 39 heavy (non-hydrogen) atoms. The van der Waals surface area contributed by atoms with Crippen LogP contribution in [0.15, 0.2) is 30.6 Å². The normalized spacial score (nSPS) is 25.6. The molecule has 7 rings (SSSR count). The molecular weight excluding hydrogens is 492 g/mol. The van der Waals surface area contributed by atoms with Crippen molar-refractivity contribution in [3.05, 3.63) is 41.9 Å². The lowest BCUT2D eigenvalue weighted by Crippen LogP contribution is -2.48. The summed E-state index contributed by atoms with van der Waals surface area (Å²) in [5.41, 5.74) is 3.71. The van der Waals surface area contributed by atoms with Crippen molar-refractivity contribution < 1.29 is 19.1 Å². The molecule has 206 valence electrons. The number of rotatable bonds is 5. The number of pyridine rings is 1. The number of methoxy groups -OCH3 is 1. The van der Waals surface area contributed by atoms with Gasteiger partial charge in [-0.1, -0.05) is 12.1 Å². The minimum absolute atomic E-state index is 0.348. The van der Waals surface area contributed by atoms with Crippen LogP contribution in [0.3, 0.4) is 0 Å². The lowest BCUT2D eigenvalue weighted by molar-refractivity contribution is -0.0638. The van der Waals surface area contributed by atoms with Gasteiger partial charge in [-0.05, 0) is 95.5 Å². The molecule has 2 heterocycles. The molecule has 4 aliphatic carbocycles. The highest BCUT2D eigenvalue weighted by atomic mass is 16.6. The van der Waals surface area contributed by atoms with Crippen LogP contribution in [0.2, 0.25) is 0 Å². The lowest BCUT2D eigenvalue weighted by Gasteiger charge is -2.56. The number of nitrogens with zero attached hydrogens (tertiary/aromatic N) is 3. The Labute approximate surface area is 229 Å². The Morgan fingerprint density at radius 2 is 1.72 bits per heavy atom. The van der Waals surface area contributed by atoms with Crippen molar-refractivity contribution in [3.8, 4) is 11.1 Å². The number of carbonyl (C=O) groups excluding carboxylic acids is 2. The molecule has 4 fully saturated rings. The molecule has 2 aromatic heterocycles. The summed E-state index contributed by atoms with van der Waals surface area (Å²) in [5, 5.41) is 8.27. The van der Waals surface area contributed by atoms with Gasteiger partial charge < -0.3 is 9.47 Å². The second kappa shape index (κ2) is 9.35. The number of fused-ring (bicyclic) bond motifs is 1. The topological polar surface area (TPSA) is 95.3 Å². The molecule has 0 aliphatic heterocycles. The second-order valence-electron chi connectivity index (χ2n) is 13.1. The summed E-state index contributed by atoms with van der Waals surface area (Å²) >= 11 is 0. The average Bonchev–Trinajstić information content (AvgIpc) is 3.20. The van der Waals surface area contributed by atoms with E-state index in [0.717, 1.165) is 41.1 Å². The van der Waals surface area contributed by atoms with Crippen molar-refractivity contribution >= 4 is 28.7 Å². The van der Waals surface area contributed by atoms with Crippen molar-refractivity contribution in [3.63, 3.8) is 0 Å². The largest absolute Gasteiger partial charge is 0.465 e. The Morgan fingerprint density at radius 1 is 1.05 bits per heavy atom. The predicted octanol–water partition coefficient (Wildman–Crippen LogP) is 6.76. The zero-order valence-electron chi connectivity index (χ0n) is 23.5. The molecule has 3 aromatic rings. The number of amides is 1. The van der Waals surface area contributed by atoms with E-state index < -0.39 is 17.7 Å². The van der Waals surface area contributed by atoms with Crippen molar-refractivity contribution in [2.45, 2.75) is 78.4 Å². The number of anilines is 1. The molecule has 4 aliphatic rings. The number of esters is 1.